The molecule has 0 aliphatic rings. The van der Waals surface area contributed by atoms with Gasteiger partial charge in [-0.05, 0) is 0 Å². The molecule has 0 rings (SSSR count). The molecule has 0 unspecified atom stereocenters. The summed E-state index contributed by atoms with van der Waals surface area (Å²) in [5.74, 6) is 0. The molecule has 0 atom stereocenters. The molecule has 0 aromatic carbocycles. The van der Waals surface area contributed by atoms with E-state index in [4.69, 9.17) is 28.1 Å². The largest absolute Gasteiger partial charge is 1.00 e. The van der Waals surface area contributed by atoms with E-state index in [1.165, 1.54) is 0 Å². The van der Waals surface area contributed by atoms with Crippen LogP contribution in [-0.4, -0.2) is 54.9 Å². The molecule has 4 N–H and O–H groups in total. The maximum absolute atomic E-state index is 8.74. The van der Waals surface area contributed by atoms with E-state index in [1.807, 2.05) is 0 Å². The van der Waals surface area contributed by atoms with Crippen LogP contribution in [0.25, 0.3) is 0 Å². The first kappa shape index (κ1) is 36.9. The first-order valence-electron chi connectivity index (χ1n) is 1.30. The molecule has 0 aromatic heterocycles. The van der Waals surface area contributed by atoms with Crippen molar-refractivity contribution >= 4 is 35.7 Å². The summed E-state index contributed by atoms with van der Waals surface area (Å²) in [5.41, 5.74) is 0. The van der Waals surface area contributed by atoms with Gasteiger partial charge in [-0.3, -0.25) is 8.92 Å². The predicted octanol–water partition coefficient (Wildman–Crippen LogP) is -7.30. The van der Waals surface area contributed by atoms with Gasteiger partial charge >= 0.3 is 47.9 Å². The van der Waals surface area contributed by atoms with Crippen molar-refractivity contribution in [1.29, 1.82) is 0 Å². The first-order valence-corrected chi connectivity index (χ1v) is 3.91. The Hall–Kier alpha value is 2.13. The Morgan fingerprint density at radius 2 is 0.917 bits per heavy atom. The zero-order valence-corrected chi connectivity index (χ0v) is 14.1. The Kier molecular flexibility index (Phi) is 89.8. The van der Waals surface area contributed by atoms with Crippen molar-refractivity contribution in [2.75, 3.05) is 0 Å². The van der Waals surface area contributed by atoms with Crippen LogP contribution in [0.1, 0.15) is 1.43 Å². The van der Waals surface area contributed by atoms with Gasteiger partial charge in [-0.15, -0.1) is 0 Å². The van der Waals surface area contributed by atoms with Gasteiger partial charge in [0.05, 0.1) is 0 Å². The fourth-order valence-electron chi connectivity index (χ4n) is 0. The van der Waals surface area contributed by atoms with Gasteiger partial charge in [0.25, 0.3) is 0 Å². The van der Waals surface area contributed by atoms with Crippen molar-refractivity contribution in [3.63, 3.8) is 0 Å². The molecular weight excluding hydrogens is 375 g/mol. The molecule has 0 saturated heterocycles. The Morgan fingerprint density at radius 3 is 0.917 bits per heavy atom. The fraction of sp³-hybridized carbons (Fsp3) is 0. The topological polar surface area (TPSA) is 115 Å². The van der Waals surface area contributed by atoms with Crippen molar-refractivity contribution in [3.05, 3.63) is 0 Å². The minimum atomic E-state index is -3.13. The normalized spacial score (nSPS) is 4.00. The molecule has 0 spiro atoms. The SMILES string of the molecule is O=[Si](O)O.O=[Si](O)O.[Ag].[AlH3].[H-].[Na+].[Zn]. The molecular formula is H8AgAlNaO6Si2Zn. The van der Waals surface area contributed by atoms with Crippen molar-refractivity contribution in [1.82, 2.24) is 0 Å². The molecule has 12 heavy (non-hydrogen) atoms. The molecule has 0 bridgehead atoms. The van der Waals surface area contributed by atoms with Gasteiger partial charge in [0.1, 0.15) is 0 Å². The first-order chi connectivity index (χ1) is 3.46. The molecule has 0 aliphatic heterocycles. The maximum atomic E-state index is 8.74. The minimum absolute atomic E-state index is 0. The molecule has 12 heteroatoms. The van der Waals surface area contributed by atoms with E-state index < -0.39 is 18.3 Å². The number of rotatable bonds is 0. The van der Waals surface area contributed by atoms with E-state index in [-0.39, 0.29) is 90.2 Å². The zero-order chi connectivity index (χ0) is 7.15. The van der Waals surface area contributed by atoms with Crippen LogP contribution in [0.2, 0.25) is 0 Å². The summed E-state index contributed by atoms with van der Waals surface area (Å²) >= 11 is 0. The summed E-state index contributed by atoms with van der Waals surface area (Å²) < 4.78 is 17.5. The molecule has 0 heterocycles. The Labute approximate surface area is 135 Å². The standard InChI is InChI=1S/Ag.Al.Na.2H2O3Si.Zn.4H/c;;;2*1-4(2)3;;;;;/h;;;2*1-2H;;;;;/q;;+1;;;;;;;-1. The van der Waals surface area contributed by atoms with Crippen LogP contribution in [0.4, 0.5) is 0 Å². The molecule has 69 valence electrons. The van der Waals surface area contributed by atoms with Crippen molar-refractivity contribution in [3.8, 4) is 0 Å². The van der Waals surface area contributed by atoms with E-state index in [2.05, 4.69) is 0 Å². The van der Waals surface area contributed by atoms with Crippen molar-refractivity contribution in [2.24, 2.45) is 0 Å². The van der Waals surface area contributed by atoms with Crippen LogP contribution in [0, 0.1) is 0 Å². The molecule has 0 aromatic rings. The van der Waals surface area contributed by atoms with E-state index in [0.717, 1.165) is 0 Å². The summed E-state index contributed by atoms with van der Waals surface area (Å²) in [6.07, 6.45) is 0. The molecule has 6 nitrogen and oxygen atoms in total. The minimum Gasteiger partial charge on any atom is -1.00 e. The third-order valence-electron chi connectivity index (χ3n) is 0. The zero-order valence-electron chi connectivity index (χ0n) is 6.61. The summed E-state index contributed by atoms with van der Waals surface area (Å²) in [6.45, 7) is 0. The van der Waals surface area contributed by atoms with Gasteiger partial charge in [0.15, 0.2) is 17.4 Å². The molecule has 0 amide bonds. The van der Waals surface area contributed by atoms with Crippen molar-refractivity contribution < 1.29 is 101 Å². The Bertz CT molecular complexity index is 88.6. The van der Waals surface area contributed by atoms with Gasteiger partial charge in [0.2, 0.25) is 0 Å². The number of hydrogen-bond donors (Lipinski definition) is 4. The van der Waals surface area contributed by atoms with E-state index in [1.54, 1.807) is 0 Å². The third-order valence-corrected chi connectivity index (χ3v) is 0. The average molecular weight is 383 g/mol. The second kappa shape index (κ2) is 29.2. The van der Waals surface area contributed by atoms with Gasteiger partial charge < -0.3 is 20.6 Å². The number of hydrogen-bond acceptors (Lipinski definition) is 2. The summed E-state index contributed by atoms with van der Waals surface area (Å²) in [7, 11) is -6.26. The average Bonchev–Trinajstić information content (AvgIpc) is 1.25. The molecule has 0 aliphatic carbocycles. The van der Waals surface area contributed by atoms with Crippen LogP contribution >= 0.6 is 0 Å². The maximum Gasteiger partial charge on any atom is 1.00 e. The Morgan fingerprint density at radius 1 is 0.917 bits per heavy atom. The quantitative estimate of drug-likeness (QED) is 0.309. The van der Waals surface area contributed by atoms with Crippen molar-refractivity contribution in [2.45, 2.75) is 0 Å². The second-order valence-electron chi connectivity index (χ2n) is 0.565. The Balaban J connectivity index is -0.00000000800. The van der Waals surface area contributed by atoms with Crippen LogP contribution in [-0.2, 0) is 50.8 Å². The van der Waals surface area contributed by atoms with Gasteiger partial charge in [-0.2, -0.15) is 0 Å². The molecule has 0 saturated carbocycles. The van der Waals surface area contributed by atoms with Gasteiger partial charge in [-0.25, -0.2) is 0 Å². The smallest absolute Gasteiger partial charge is 1.00 e. The van der Waals surface area contributed by atoms with E-state index in [9.17, 15) is 0 Å². The molecule has 1 radical (unpaired) electrons. The van der Waals surface area contributed by atoms with Crippen LogP contribution in [0.3, 0.4) is 0 Å². The summed E-state index contributed by atoms with van der Waals surface area (Å²) in [6, 6.07) is 0. The second-order valence-corrected chi connectivity index (χ2v) is 1.70. The van der Waals surface area contributed by atoms with E-state index >= 15 is 0 Å². The van der Waals surface area contributed by atoms with Crippen LogP contribution in [0.5, 0.6) is 0 Å². The van der Waals surface area contributed by atoms with Crippen LogP contribution < -0.4 is 29.6 Å². The summed E-state index contributed by atoms with van der Waals surface area (Å²) in [5, 5.41) is 0. The fourth-order valence-corrected chi connectivity index (χ4v) is 0. The third kappa shape index (κ3) is 331. The monoisotopic (exact) mass is 381 g/mol. The predicted molar refractivity (Wildman–Crippen MR) is 32.8 cm³/mol. The summed E-state index contributed by atoms with van der Waals surface area (Å²) in [4.78, 5) is 28.6. The van der Waals surface area contributed by atoms with Crippen LogP contribution in [0.15, 0.2) is 0 Å². The van der Waals surface area contributed by atoms with E-state index in [0.29, 0.717) is 0 Å². The van der Waals surface area contributed by atoms with Gasteiger partial charge in [-0.1, -0.05) is 0 Å². The van der Waals surface area contributed by atoms with Gasteiger partial charge in [0, 0.05) is 41.9 Å². The molecule has 0 fully saturated rings.